The van der Waals surface area contributed by atoms with Gasteiger partial charge in [0.05, 0.1) is 22.9 Å². The highest BCUT2D eigenvalue weighted by Gasteiger charge is 2.39. The van der Waals surface area contributed by atoms with E-state index in [-0.39, 0.29) is 11.8 Å². The molecule has 1 N–H and O–H groups in total. The number of nitrogens with zero attached hydrogens (tertiary/aromatic N) is 3. The van der Waals surface area contributed by atoms with Crippen molar-refractivity contribution in [2.24, 2.45) is 11.8 Å². The van der Waals surface area contributed by atoms with Gasteiger partial charge in [-0.2, -0.15) is 0 Å². The van der Waals surface area contributed by atoms with Gasteiger partial charge >= 0.3 is 0 Å². The number of pyridine rings is 1. The fourth-order valence-electron chi connectivity index (χ4n) is 2.67. The molecule has 1 saturated carbocycles. The van der Waals surface area contributed by atoms with Crippen molar-refractivity contribution in [3.05, 3.63) is 48.9 Å². The van der Waals surface area contributed by atoms with E-state index in [1.807, 2.05) is 41.0 Å². The van der Waals surface area contributed by atoms with Crippen molar-refractivity contribution < 1.29 is 4.79 Å². The van der Waals surface area contributed by atoms with E-state index >= 15 is 0 Å². The summed E-state index contributed by atoms with van der Waals surface area (Å²) in [5.41, 5.74) is 2.68. The number of anilines is 1. The minimum atomic E-state index is 0.0927. The first-order valence-electron chi connectivity index (χ1n) is 7.42. The highest BCUT2D eigenvalue weighted by Crippen LogP contribution is 2.38. The molecule has 2 aromatic heterocycles. The summed E-state index contributed by atoms with van der Waals surface area (Å²) < 4.78 is 1.93. The Morgan fingerprint density at radius 3 is 2.77 bits per heavy atom. The van der Waals surface area contributed by atoms with Gasteiger partial charge < -0.3 is 5.32 Å². The molecule has 0 spiro atoms. The van der Waals surface area contributed by atoms with E-state index in [0.29, 0.717) is 5.92 Å². The zero-order valence-electron chi connectivity index (χ0n) is 12.2. The van der Waals surface area contributed by atoms with Crippen LogP contribution < -0.4 is 5.32 Å². The van der Waals surface area contributed by atoms with Gasteiger partial charge in [0.2, 0.25) is 5.91 Å². The van der Waals surface area contributed by atoms with Crippen LogP contribution in [-0.2, 0) is 4.79 Å². The van der Waals surface area contributed by atoms with Crippen LogP contribution in [0.25, 0.3) is 16.9 Å². The second kappa shape index (κ2) is 4.94. The molecule has 1 amide bonds. The Hall–Kier alpha value is -2.69. The lowest BCUT2D eigenvalue weighted by Crippen LogP contribution is -2.14. The van der Waals surface area contributed by atoms with Crippen molar-refractivity contribution in [1.29, 1.82) is 0 Å². The van der Waals surface area contributed by atoms with Gasteiger partial charge in [-0.1, -0.05) is 19.1 Å². The van der Waals surface area contributed by atoms with Crippen molar-refractivity contribution >= 4 is 22.6 Å². The molecule has 2 unspecified atom stereocenters. The number of carbonyl (C=O) groups excluding carboxylic acids is 1. The Bertz CT molecular complexity index is 837. The van der Waals surface area contributed by atoms with Crippen molar-refractivity contribution in [3.8, 4) is 5.82 Å². The van der Waals surface area contributed by atoms with Gasteiger partial charge in [-0.05, 0) is 36.6 Å². The molecule has 1 aliphatic rings. The minimum absolute atomic E-state index is 0.0927. The quantitative estimate of drug-likeness (QED) is 0.807. The Morgan fingerprint density at radius 2 is 2.05 bits per heavy atom. The van der Waals surface area contributed by atoms with Gasteiger partial charge in [0.1, 0.15) is 12.1 Å². The van der Waals surface area contributed by atoms with Crippen LogP contribution in [0.1, 0.15) is 13.3 Å². The van der Waals surface area contributed by atoms with Crippen molar-refractivity contribution in [2.45, 2.75) is 13.3 Å². The summed E-state index contributed by atoms with van der Waals surface area (Å²) in [7, 11) is 0. The summed E-state index contributed by atoms with van der Waals surface area (Å²) in [6, 6.07) is 11.7. The number of para-hydroxylation sites is 2. The van der Waals surface area contributed by atoms with Crippen LogP contribution in [0.5, 0.6) is 0 Å². The third-order valence-electron chi connectivity index (χ3n) is 4.16. The molecule has 0 aliphatic heterocycles. The molecule has 1 aromatic carbocycles. The van der Waals surface area contributed by atoms with E-state index in [1.54, 1.807) is 12.5 Å². The van der Waals surface area contributed by atoms with Crippen LogP contribution >= 0.6 is 0 Å². The Labute approximate surface area is 128 Å². The highest BCUT2D eigenvalue weighted by molar-refractivity contribution is 5.94. The number of imidazole rings is 1. The molecule has 110 valence electrons. The fraction of sp³-hybridized carbons (Fsp3) is 0.235. The van der Waals surface area contributed by atoms with Gasteiger partial charge in [-0.15, -0.1) is 0 Å². The summed E-state index contributed by atoms with van der Waals surface area (Å²) >= 11 is 0. The van der Waals surface area contributed by atoms with E-state index in [0.717, 1.165) is 29.0 Å². The monoisotopic (exact) mass is 292 g/mol. The first kappa shape index (κ1) is 13.0. The smallest absolute Gasteiger partial charge is 0.227 e. The molecule has 22 heavy (non-hydrogen) atoms. The summed E-state index contributed by atoms with van der Waals surface area (Å²) in [4.78, 5) is 20.7. The SMILES string of the molecule is CC1CC1C(=O)Nc1ccc(-n2cnc3ccccc32)nc1. The van der Waals surface area contributed by atoms with E-state index in [2.05, 4.69) is 22.2 Å². The third kappa shape index (κ3) is 2.24. The molecule has 5 heteroatoms. The molecule has 4 rings (SSSR count). The molecule has 1 fully saturated rings. The molecule has 0 radical (unpaired) electrons. The lowest BCUT2D eigenvalue weighted by atomic mass is 10.3. The second-order valence-electron chi connectivity index (χ2n) is 5.82. The molecule has 0 saturated heterocycles. The number of hydrogen-bond acceptors (Lipinski definition) is 3. The van der Waals surface area contributed by atoms with Gasteiger partial charge in [0.25, 0.3) is 0 Å². The maximum absolute atomic E-state index is 11.9. The van der Waals surface area contributed by atoms with Crippen LogP contribution in [0.2, 0.25) is 0 Å². The molecule has 2 heterocycles. The van der Waals surface area contributed by atoms with Crippen molar-refractivity contribution in [2.75, 3.05) is 5.32 Å². The average molecular weight is 292 g/mol. The zero-order valence-corrected chi connectivity index (χ0v) is 12.2. The normalized spacial score (nSPS) is 20.0. The Morgan fingerprint density at radius 1 is 1.23 bits per heavy atom. The maximum Gasteiger partial charge on any atom is 0.227 e. The number of amides is 1. The third-order valence-corrected chi connectivity index (χ3v) is 4.16. The zero-order chi connectivity index (χ0) is 15.1. The standard InChI is InChI=1S/C17H16N4O/c1-11-8-13(11)17(22)20-12-6-7-16(18-9-12)21-10-19-14-4-2-3-5-15(14)21/h2-7,9-11,13H,8H2,1H3,(H,20,22). The first-order valence-corrected chi connectivity index (χ1v) is 7.42. The Kier molecular flexibility index (Phi) is 2.92. The molecule has 2 atom stereocenters. The molecular weight excluding hydrogens is 276 g/mol. The predicted molar refractivity (Wildman–Crippen MR) is 84.8 cm³/mol. The molecule has 5 nitrogen and oxygen atoms in total. The first-order chi connectivity index (χ1) is 10.7. The lowest BCUT2D eigenvalue weighted by molar-refractivity contribution is -0.117. The van der Waals surface area contributed by atoms with Gasteiger partial charge in [-0.25, -0.2) is 9.97 Å². The summed E-state index contributed by atoms with van der Waals surface area (Å²) in [6.45, 7) is 2.09. The van der Waals surface area contributed by atoms with Crippen molar-refractivity contribution in [1.82, 2.24) is 14.5 Å². The Balaban J connectivity index is 1.58. The average Bonchev–Trinajstić information content (AvgIpc) is 3.12. The predicted octanol–water partition coefficient (Wildman–Crippen LogP) is 3.02. The van der Waals surface area contributed by atoms with Gasteiger partial charge in [-0.3, -0.25) is 9.36 Å². The number of rotatable bonds is 3. The fourth-order valence-corrected chi connectivity index (χ4v) is 2.67. The van der Waals surface area contributed by atoms with Gasteiger partial charge in [0, 0.05) is 5.92 Å². The molecule has 1 aliphatic carbocycles. The van der Waals surface area contributed by atoms with E-state index in [4.69, 9.17) is 0 Å². The number of nitrogens with one attached hydrogen (secondary N) is 1. The summed E-state index contributed by atoms with van der Waals surface area (Å²) in [5.74, 6) is 1.54. The maximum atomic E-state index is 11.9. The summed E-state index contributed by atoms with van der Waals surface area (Å²) in [5, 5.41) is 2.92. The lowest BCUT2D eigenvalue weighted by Gasteiger charge is -2.06. The number of carbonyl (C=O) groups is 1. The molecular formula is C17H16N4O. The van der Waals surface area contributed by atoms with E-state index in [1.165, 1.54) is 0 Å². The molecule has 0 bridgehead atoms. The van der Waals surface area contributed by atoms with E-state index in [9.17, 15) is 4.79 Å². The second-order valence-corrected chi connectivity index (χ2v) is 5.82. The van der Waals surface area contributed by atoms with E-state index < -0.39 is 0 Å². The number of aromatic nitrogens is 3. The van der Waals surface area contributed by atoms with Crippen LogP contribution in [0, 0.1) is 11.8 Å². The number of hydrogen-bond donors (Lipinski definition) is 1. The topological polar surface area (TPSA) is 59.8 Å². The highest BCUT2D eigenvalue weighted by atomic mass is 16.2. The summed E-state index contributed by atoms with van der Waals surface area (Å²) in [6.07, 6.45) is 4.44. The number of fused-ring (bicyclic) bond motifs is 1. The molecule has 3 aromatic rings. The number of benzene rings is 1. The van der Waals surface area contributed by atoms with Crippen LogP contribution in [0.3, 0.4) is 0 Å². The van der Waals surface area contributed by atoms with Crippen molar-refractivity contribution in [3.63, 3.8) is 0 Å². The van der Waals surface area contributed by atoms with Crippen LogP contribution in [-0.4, -0.2) is 20.4 Å². The largest absolute Gasteiger partial charge is 0.324 e. The van der Waals surface area contributed by atoms with Crippen LogP contribution in [0.4, 0.5) is 5.69 Å². The van der Waals surface area contributed by atoms with Gasteiger partial charge in [0.15, 0.2) is 0 Å². The van der Waals surface area contributed by atoms with Crippen LogP contribution in [0.15, 0.2) is 48.9 Å². The minimum Gasteiger partial charge on any atom is -0.324 e.